The molecular weight excluding hydrogens is 350 g/mol. The molecule has 6 nitrogen and oxygen atoms in total. The molecule has 0 atom stereocenters. The van der Waals surface area contributed by atoms with Crippen molar-refractivity contribution in [3.63, 3.8) is 0 Å². The van der Waals surface area contributed by atoms with Crippen molar-refractivity contribution >= 4 is 34.4 Å². The molecule has 2 aromatic carbocycles. The van der Waals surface area contributed by atoms with E-state index in [1.807, 2.05) is 78.5 Å². The summed E-state index contributed by atoms with van der Waals surface area (Å²) in [5.74, 6) is 1.02. The van der Waals surface area contributed by atoms with Crippen LogP contribution >= 0.6 is 0 Å². The third-order valence-corrected chi connectivity index (χ3v) is 4.85. The van der Waals surface area contributed by atoms with E-state index in [-0.39, 0.29) is 5.88 Å². The highest BCUT2D eigenvalue weighted by molar-refractivity contribution is 5.91. The summed E-state index contributed by atoms with van der Waals surface area (Å²) in [6.07, 6.45) is 9.46. The number of nitrogens with one attached hydrogen (secondary N) is 1. The molecule has 6 heteroatoms. The fourth-order valence-electron chi connectivity index (χ4n) is 3.38. The van der Waals surface area contributed by atoms with Gasteiger partial charge in [0.15, 0.2) is 5.88 Å². The Morgan fingerprint density at radius 1 is 1.07 bits per heavy atom. The Hall–Kier alpha value is -3.93. The van der Waals surface area contributed by atoms with Crippen molar-refractivity contribution < 1.29 is 5.11 Å². The second-order valence-corrected chi connectivity index (χ2v) is 6.67. The number of aryl methyl sites for hydroxylation is 1. The smallest absolute Gasteiger partial charge is 0.196 e. The molecule has 3 heterocycles. The van der Waals surface area contributed by atoms with Crippen LogP contribution in [0.3, 0.4) is 0 Å². The van der Waals surface area contributed by atoms with Crippen LogP contribution in [-0.2, 0) is 7.05 Å². The summed E-state index contributed by atoms with van der Waals surface area (Å²) >= 11 is 0. The Balaban J connectivity index is 1.57. The number of H-pyrrole nitrogens is 1. The molecule has 2 N–H and O–H groups in total. The van der Waals surface area contributed by atoms with E-state index in [4.69, 9.17) is 0 Å². The number of para-hydroxylation sites is 1. The Morgan fingerprint density at radius 2 is 1.96 bits per heavy atom. The minimum atomic E-state index is 0.161. The molecule has 0 bridgehead atoms. The van der Waals surface area contributed by atoms with Crippen LogP contribution in [0, 0.1) is 0 Å². The van der Waals surface area contributed by atoms with Gasteiger partial charge in [0.1, 0.15) is 5.82 Å². The van der Waals surface area contributed by atoms with E-state index in [2.05, 4.69) is 20.2 Å². The van der Waals surface area contributed by atoms with E-state index in [1.165, 1.54) is 0 Å². The van der Waals surface area contributed by atoms with Gasteiger partial charge in [0.25, 0.3) is 0 Å². The molecule has 0 saturated heterocycles. The largest absolute Gasteiger partial charge is 0.494 e. The number of aromatic hydroxyl groups is 1. The molecule has 4 aromatic rings. The standard InChI is InChI=1S/C22H17N5O/c1-27-11-10-23-21(27)9-8-19-16-7-6-14(13-20(16)26-25-19)12-17-15-4-2-3-5-18(15)24-22(17)28/h2-13,24,28H,1H3/b9-8+,14-12?. The maximum atomic E-state index is 10.3. The Kier molecular flexibility index (Phi) is 3.69. The lowest BCUT2D eigenvalue weighted by molar-refractivity contribution is 0.457. The van der Waals surface area contributed by atoms with Gasteiger partial charge in [-0.1, -0.05) is 24.3 Å². The van der Waals surface area contributed by atoms with E-state index >= 15 is 0 Å². The predicted molar refractivity (Wildman–Crippen MR) is 109 cm³/mol. The molecule has 0 unspecified atom stereocenters. The zero-order valence-electron chi connectivity index (χ0n) is 15.2. The van der Waals surface area contributed by atoms with Crippen LogP contribution in [0.1, 0.15) is 11.4 Å². The first-order valence-corrected chi connectivity index (χ1v) is 8.92. The van der Waals surface area contributed by atoms with Gasteiger partial charge in [-0.25, -0.2) is 4.98 Å². The minimum absolute atomic E-state index is 0.161. The van der Waals surface area contributed by atoms with Crippen molar-refractivity contribution in [2.24, 2.45) is 17.3 Å². The number of rotatable bonds is 3. The highest BCUT2D eigenvalue weighted by Gasteiger charge is 2.09. The number of nitrogens with zero attached hydrogens (tertiary/aromatic N) is 4. The van der Waals surface area contributed by atoms with Crippen LogP contribution in [0.2, 0.25) is 0 Å². The lowest BCUT2D eigenvalue weighted by atomic mass is 10.1. The zero-order chi connectivity index (χ0) is 19.1. The summed E-state index contributed by atoms with van der Waals surface area (Å²) in [6, 6.07) is 13.8. The molecule has 1 aliphatic heterocycles. The number of aromatic amines is 1. The van der Waals surface area contributed by atoms with Gasteiger partial charge in [0, 0.05) is 41.1 Å². The van der Waals surface area contributed by atoms with Gasteiger partial charge < -0.3 is 14.7 Å². The van der Waals surface area contributed by atoms with Crippen LogP contribution in [0.5, 0.6) is 5.88 Å². The minimum Gasteiger partial charge on any atom is -0.494 e. The average molecular weight is 367 g/mol. The Morgan fingerprint density at radius 3 is 2.82 bits per heavy atom. The molecule has 0 saturated carbocycles. The number of hydrogen-bond donors (Lipinski definition) is 2. The third kappa shape index (κ3) is 2.72. The number of benzene rings is 2. The molecule has 0 radical (unpaired) electrons. The van der Waals surface area contributed by atoms with Crippen molar-refractivity contribution in [3.8, 4) is 5.88 Å². The summed E-state index contributed by atoms with van der Waals surface area (Å²) in [7, 11) is 1.95. The zero-order valence-corrected chi connectivity index (χ0v) is 15.2. The van der Waals surface area contributed by atoms with Crippen LogP contribution in [0.4, 0.5) is 5.69 Å². The van der Waals surface area contributed by atoms with Crippen molar-refractivity contribution in [3.05, 3.63) is 82.8 Å². The molecule has 0 spiro atoms. The van der Waals surface area contributed by atoms with Gasteiger partial charge >= 0.3 is 0 Å². The normalized spacial score (nSPS) is 13.9. The Bertz CT molecular complexity index is 1390. The van der Waals surface area contributed by atoms with Crippen molar-refractivity contribution in [2.45, 2.75) is 0 Å². The first-order chi connectivity index (χ1) is 13.7. The molecule has 1 aliphatic rings. The fourth-order valence-corrected chi connectivity index (χ4v) is 3.38. The summed E-state index contributed by atoms with van der Waals surface area (Å²) in [6.45, 7) is 0. The maximum Gasteiger partial charge on any atom is 0.196 e. The number of aromatic nitrogens is 3. The van der Waals surface area contributed by atoms with Crippen LogP contribution in [0.25, 0.3) is 28.8 Å². The van der Waals surface area contributed by atoms with E-state index in [0.717, 1.165) is 44.1 Å². The number of azo groups is 1. The van der Waals surface area contributed by atoms with Crippen LogP contribution in [0.15, 0.2) is 71.2 Å². The maximum absolute atomic E-state index is 10.3. The molecule has 0 fully saturated rings. The third-order valence-electron chi connectivity index (χ3n) is 4.85. The number of fused-ring (bicyclic) bond motifs is 2. The SMILES string of the molecule is Cn1ccnc1/C=C/C1=c2ccc(=Cc3c(O)[nH]c4ccccc34)cc2N=N1. The van der Waals surface area contributed by atoms with E-state index in [1.54, 1.807) is 6.20 Å². The van der Waals surface area contributed by atoms with Crippen molar-refractivity contribution in [1.82, 2.24) is 14.5 Å². The van der Waals surface area contributed by atoms with E-state index < -0.39 is 0 Å². The summed E-state index contributed by atoms with van der Waals surface area (Å²) < 4.78 is 1.94. The molecule has 5 rings (SSSR count). The first-order valence-electron chi connectivity index (χ1n) is 8.92. The first kappa shape index (κ1) is 16.3. The van der Waals surface area contributed by atoms with Gasteiger partial charge in [-0.2, -0.15) is 0 Å². The lowest BCUT2D eigenvalue weighted by Crippen LogP contribution is -2.08. The highest BCUT2D eigenvalue weighted by Crippen LogP contribution is 2.27. The van der Waals surface area contributed by atoms with Crippen LogP contribution in [-0.4, -0.2) is 19.6 Å². The lowest BCUT2D eigenvalue weighted by Gasteiger charge is -1.95. The molecule has 2 aromatic heterocycles. The highest BCUT2D eigenvalue weighted by atomic mass is 16.3. The second-order valence-electron chi connectivity index (χ2n) is 6.67. The number of hydrogen-bond acceptors (Lipinski definition) is 4. The summed E-state index contributed by atoms with van der Waals surface area (Å²) in [4.78, 5) is 7.28. The van der Waals surface area contributed by atoms with Crippen molar-refractivity contribution in [1.29, 1.82) is 0 Å². The van der Waals surface area contributed by atoms with Gasteiger partial charge in [-0.3, -0.25) is 0 Å². The van der Waals surface area contributed by atoms with Crippen LogP contribution < -0.4 is 10.4 Å². The summed E-state index contributed by atoms with van der Waals surface area (Å²) in [5, 5.41) is 21.8. The number of imidazole rings is 1. The van der Waals surface area contributed by atoms with E-state index in [0.29, 0.717) is 0 Å². The molecule has 0 amide bonds. The molecule has 0 aliphatic carbocycles. The average Bonchev–Trinajstić information content (AvgIpc) is 3.38. The fraction of sp³-hybridized carbons (Fsp3) is 0.0455. The van der Waals surface area contributed by atoms with Gasteiger partial charge in [0.2, 0.25) is 0 Å². The van der Waals surface area contributed by atoms with Crippen molar-refractivity contribution in [2.75, 3.05) is 0 Å². The molecular formula is C22H17N5O. The van der Waals surface area contributed by atoms with Gasteiger partial charge in [-0.05, 0) is 41.6 Å². The molecule has 28 heavy (non-hydrogen) atoms. The second kappa shape index (κ2) is 6.35. The topological polar surface area (TPSA) is 78.6 Å². The van der Waals surface area contributed by atoms with Gasteiger partial charge in [0.05, 0.1) is 11.4 Å². The Labute approximate surface area is 160 Å². The monoisotopic (exact) mass is 367 g/mol. The van der Waals surface area contributed by atoms with E-state index in [9.17, 15) is 5.11 Å². The molecule has 136 valence electrons. The van der Waals surface area contributed by atoms with Gasteiger partial charge in [-0.15, -0.1) is 10.2 Å². The summed E-state index contributed by atoms with van der Waals surface area (Å²) in [5.41, 5.74) is 3.29. The quantitative estimate of drug-likeness (QED) is 0.582. The predicted octanol–water partition coefficient (Wildman–Crippen LogP) is 3.35.